The lowest BCUT2D eigenvalue weighted by molar-refractivity contribution is -0.134. The van der Waals surface area contributed by atoms with E-state index in [1.54, 1.807) is 9.47 Å². The smallest absolute Gasteiger partial charge is 0.283 e. The molecule has 0 saturated carbocycles. The molecule has 1 aliphatic rings. The van der Waals surface area contributed by atoms with Gasteiger partial charge in [0.25, 0.3) is 5.91 Å². The number of azo groups is 1. The van der Waals surface area contributed by atoms with Crippen LogP contribution in [0.3, 0.4) is 0 Å². The zero-order chi connectivity index (χ0) is 19.4. The van der Waals surface area contributed by atoms with Crippen molar-refractivity contribution in [3.8, 4) is 5.88 Å². The van der Waals surface area contributed by atoms with Crippen molar-refractivity contribution in [3.05, 3.63) is 24.3 Å². The first-order valence-electron chi connectivity index (χ1n) is 9.50. The van der Waals surface area contributed by atoms with Crippen LogP contribution in [0.2, 0.25) is 0 Å². The largest absolute Gasteiger partial charge is 0.493 e. The van der Waals surface area contributed by atoms with E-state index in [1.807, 2.05) is 24.3 Å². The molecule has 1 saturated heterocycles. The maximum absolute atomic E-state index is 12.2. The van der Waals surface area contributed by atoms with Gasteiger partial charge in [-0.3, -0.25) is 9.59 Å². The Balaban J connectivity index is 1.82. The van der Waals surface area contributed by atoms with Crippen molar-refractivity contribution in [2.45, 2.75) is 46.1 Å². The predicted molar refractivity (Wildman–Crippen MR) is 103 cm³/mol. The highest BCUT2D eigenvalue weighted by Crippen LogP contribution is 2.39. The molecule has 1 aliphatic heterocycles. The molecule has 0 atom stereocenters. The van der Waals surface area contributed by atoms with Gasteiger partial charge in [-0.2, -0.15) is 0 Å². The number of carbonyl (C=O) groups is 2. The molecule has 144 valence electrons. The quantitative estimate of drug-likeness (QED) is 0.807. The van der Waals surface area contributed by atoms with Crippen molar-refractivity contribution in [1.29, 1.82) is 0 Å². The first-order chi connectivity index (χ1) is 13.0. The molecular weight excluding hydrogens is 344 g/mol. The van der Waals surface area contributed by atoms with Gasteiger partial charge in [0.2, 0.25) is 11.8 Å². The second kappa shape index (κ2) is 8.33. The maximum Gasteiger partial charge on any atom is 0.283 e. The van der Waals surface area contributed by atoms with Gasteiger partial charge in [-0.15, -0.1) is 10.2 Å². The summed E-state index contributed by atoms with van der Waals surface area (Å²) in [6, 6.07) is 7.52. The molecule has 0 aliphatic carbocycles. The van der Waals surface area contributed by atoms with Crippen molar-refractivity contribution in [3.63, 3.8) is 0 Å². The van der Waals surface area contributed by atoms with Crippen LogP contribution in [0.5, 0.6) is 5.88 Å². The number of hydrogen-bond donors (Lipinski definition) is 1. The Morgan fingerprint density at radius 1 is 1.22 bits per heavy atom. The fourth-order valence-corrected chi connectivity index (χ4v) is 3.43. The summed E-state index contributed by atoms with van der Waals surface area (Å²) >= 11 is 0. The van der Waals surface area contributed by atoms with Crippen molar-refractivity contribution in [1.82, 2.24) is 9.47 Å². The maximum atomic E-state index is 12.2. The summed E-state index contributed by atoms with van der Waals surface area (Å²) in [5, 5.41) is 19.2. The number of fused-ring (bicyclic) bond motifs is 1. The standard InChI is InChI=1S/C20H26N4O3/c1-14(2)12-24-16-9-6-5-8-15(16)19(20(24)27)22-21-17(25)13-23-11-7-3-4-10-18(23)26/h5-6,8-9,14,27H,3-4,7,10-13H2,1-2H3. The summed E-state index contributed by atoms with van der Waals surface area (Å²) in [6.45, 7) is 5.29. The SMILES string of the molecule is CC(C)Cn1c(O)c(N=NC(=O)CN2CCCCCC2=O)c2ccccc21. The van der Waals surface area contributed by atoms with Gasteiger partial charge in [-0.05, 0) is 24.8 Å². The van der Waals surface area contributed by atoms with Gasteiger partial charge in [-0.25, -0.2) is 0 Å². The average Bonchev–Trinajstić information content (AvgIpc) is 2.76. The van der Waals surface area contributed by atoms with Gasteiger partial charge in [0.15, 0.2) is 5.69 Å². The van der Waals surface area contributed by atoms with Crippen LogP contribution in [0.1, 0.15) is 39.5 Å². The molecule has 2 aromatic rings. The molecule has 0 unspecified atom stereocenters. The Morgan fingerprint density at radius 3 is 2.78 bits per heavy atom. The number of hydrogen-bond acceptors (Lipinski definition) is 4. The van der Waals surface area contributed by atoms with E-state index >= 15 is 0 Å². The van der Waals surface area contributed by atoms with E-state index in [0.717, 1.165) is 30.2 Å². The molecule has 1 aromatic carbocycles. The van der Waals surface area contributed by atoms with Crippen LogP contribution < -0.4 is 0 Å². The van der Waals surface area contributed by atoms with Gasteiger partial charge in [0.05, 0.1) is 5.52 Å². The van der Waals surface area contributed by atoms with Crippen LogP contribution in [0.25, 0.3) is 10.9 Å². The lowest BCUT2D eigenvalue weighted by Gasteiger charge is -2.17. The normalized spacial score (nSPS) is 15.8. The third kappa shape index (κ3) is 4.35. The second-order valence-electron chi connectivity index (χ2n) is 7.41. The number of carbonyl (C=O) groups excluding carboxylic acids is 2. The summed E-state index contributed by atoms with van der Waals surface area (Å²) in [5.41, 5.74) is 1.15. The molecule has 2 heterocycles. The zero-order valence-corrected chi connectivity index (χ0v) is 15.9. The summed E-state index contributed by atoms with van der Waals surface area (Å²) in [4.78, 5) is 25.8. The fourth-order valence-electron chi connectivity index (χ4n) is 3.43. The molecule has 7 nitrogen and oxygen atoms in total. The van der Waals surface area contributed by atoms with E-state index in [1.165, 1.54) is 0 Å². The Kier molecular flexibility index (Phi) is 5.88. The second-order valence-corrected chi connectivity index (χ2v) is 7.41. The molecule has 7 heteroatoms. The predicted octanol–water partition coefficient (Wildman–Crippen LogP) is 4.02. The summed E-state index contributed by atoms with van der Waals surface area (Å²) in [6.07, 6.45) is 3.25. The minimum absolute atomic E-state index is 0.00676. The van der Waals surface area contributed by atoms with Gasteiger partial charge in [0.1, 0.15) is 6.54 Å². The van der Waals surface area contributed by atoms with Crippen LogP contribution in [0, 0.1) is 5.92 Å². The number of nitrogens with zero attached hydrogens (tertiary/aromatic N) is 4. The highest BCUT2D eigenvalue weighted by Gasteiger charge is 2.20. The number of amides is 2. The Morgan fingerprint density at radius 2 is 2.00 bits per heavy atom. The van der Waals surface area contributed by atoms with Crippen molar-refractivity contribution < 1.29 is 14.7 Å². The first kappa shape index (κ1) is 19.1. The monoisotopic (exact) mass is 370 g/mol. The van der Waals surface area contributed by atoms with Crippen LogP contribution in [-0.2, 0) is 16.1 Å². The van der Waals surface area contributed by atoms with E-state index in [-0.39, 0.29) is 18.3 Å². The molecule has 0 spiro atoms. The van der Waals surface area contributed by atoms with Gasteiger partial charge >= 0.3 is 0 Å². The molecular formula is C20H26N4O3. The van der Waals surface area contributed by atoms with E-state index in [9.17, 15) is 14.7 Å². The topological polar surface area (TPSA) is 87.3 Å². The zero-order valence-electron chi connectivity index (χ0n) is 15.9. The van der Waals surface area contributed by atoms with E-state index < -0.39 is 5.91 Å². The fraction of sp³-hybridized carbons (Fsp3) is 0.500. The lowest BCUT2D eigenvalue weighted by Crippen LogP contribution is -2.34. The molecule has 2 amide bonds. The molecule has 3 rings (SSSR count). The van der Waals surface area contributed by atoms with E-state index in [4.69, 9.17) is 0 Å². The Labute approximate surface area is 158 Å². The van der Waals surface area contributed by atoms with Gasteiger partial charge in [0, 0.05) is 24.9 Å². The van der Waals surface area contributed by atoms with Crippen molar-refractivity contribution in [2.75, 3.05) is 13.1 Å². The summed E-state index contributed by atoms with van der Waals surface area (Å²) in [5.74, 6) is -0.141. The molecule has 27 heavy (non-hydrogen) atoms. The van der Waals surface area contributed by atoms with Crippen LogP contribution in [-0.4, -0.2) is 39.5 Å². The average molecular weight is 370 g/mol. The van der Waals surface area contributed by atoms with Crippen molar-refractivity contribution in [2.24, 2.45) is 16.1 Å². The minimum Gasteiger partial charge on any atom is -0.493 e. The Bertz CT molecular complexity index is 869. The van der Waals surface area contributed by atoms with E-state index in [2.05, 4.69) is 24.1 Å². The minimum atomic E-state index is -0.481. The number of aromatic nitrogens is 1. The Hall–Kier alpha value is -2.70. The van der Waals surface area contributed by atoms with Crippen LogP contribution >= 0.6 is 0 Å². The highest BCUT2D eigenvalue weighted by molar-refractivity contribution is 5.95. The molecule has 0 bridgehead atoms. The third-order valence-electron chi connectivity index (χ3n) is 4.72. The number of likely N-dealkylation sites (tertiary alicyclic amines) is 1. The van der Waals surface area contributed by atoms with Crippen LogP contribution in [0.15, 0.2) is 34.5 Å². The molecule has 1 aromatic heterocycles. The van der Waals surface area contributed by atoms with Crippen molar-refractivity contribution >= 4 is 28.4 Å². The third-order valence-corrected chi connectivity index (χ3v) is 4.72. The number of aromatic hydroxyl groups is 1. The van der Waals surface area contributed by atoms with Gasteiger partial charge < -0.3 is 14.6 Å². The van der Waals surface area contributed by atoms with Gasteiger partial charge in [-0.1, -0.05) is 38.5 Å². The number of rotatable bonds is 5. The molecule has 0 radical (unpaired) electrons. The van der Waals surface area contributed by atoms with Crippen LogP contribution in [0.4, 0.5) is 5.69 Å². The van der Waals surface area contributed by atoms with E-state index in [0.29, 0.717) is 31.1 Å². The number of para-hydroxylation sites is 1. The summed E-state index contributed by atoms with van der Waals surface area (Å²) < 4.78 is 1.79. The number of benzene rings is 1. The first-order valence-corrected chi connectivity index (χ1v) is 9.50. The molecule has 1 N–H and O–H groups in total. The lowest BCUT2D eigenvalue weighted by atomic mass is 10.2. The summed E-state index contributed by atoms with van der Waals surface area (Å²) in [7, 11) is 0. The highest BCUT2D eigenvalue weighted by atomic mass is 16.3. The molecule has 1 fully saturated rings.